The van der Waals surface area contributed by atoms with Crippen molar-refractivity contribution in [2.24, 2.45) is 0 Å². The second-order valence-corrected chi connectivity index (χ2v) is 6.36. The summed E-state index contributed by atoms with van der Waals surface area (Å²) in [7, 11) is 0. The number of benzene rings is 1. The fourth-order valence-corrected chi connectivity index (χ4v) is 2.79. The summed E-state index contributed by atoms with van der Waals surface area (Å²) >= 11 is 0. The second kappa shape index (κ2) is 8.49. The first kappa shape index (κ1) is 19.3. The summed E-state index contributed by atoms with van der Waals surface area (Å²) < 4.78 is 10.6. The van der Waals surface area contributed by atoms with Crippen molar-refractivity contribution < 1.29 is 28.7 Å². The maximum absolute atomic E-state index is 9.10. The number of aryl methyl sites for hydroxylation is 1. The summed E-state index contributed by atoms with van der Waals surface area (Å²) in [5, 5.41) is 18.8. The van der Waals surface area contributed by atoms with E-state index in [0.29, 0.717) is 23.4 Å². The second-order valence-electron chi connectivity index (χ2n) is 6.36. The van der Waals surface area contributed by atoms with E-state index < -0.39 is 11.9 Å². The number of hydrogen-bond acceptors (Lipinski definition) is 7. The maximum atomic E-state index is 9.10. The average molecular weight is 385 g/mol. The van der Waals surface area contributed by atoms with Crippen molar-refractivity contribution in [2.75, 3.05) is 13.1 Å². The molecule has 0 unspecified atom stereocenters. The Kier molecular flexibility index (Phi) is 5.85. The quantitative estimate of drug-likeness (QED) is 0.650. The Bertz CT molecular complexity index is 932. The van der Waals surface area contributed by atoms with Crippen LogP contribution in [0.5, 0.6) is 0 Å². The van der Waals surface area contributed by atoms with Gasteiger partial charge in [0.1, 0.15) is 0 Å². The summed E-state index contributed by atoms with van der Waals surface area (Å²) in [4.78, 5) is 25.0. The summed E-state index contributed by atoms with van der Waals surface area (Å²) in [6.07, 6.45) is 1.61. The number of hydrogen-bond donors (Lipinski definition) is 2. The zero-order valence-corrected chi connectivity index (χ0v) is 15.1. The van der Waals surface area contributed by atoms with Crippen LogP contribution in [0, 0.1) is 6.92 Å². The molecule has 1 aliphatic rings. The lowest BCUT2D eigenvalue weighted by atomic mass is 9.98. The van der Waals surface area contributed by atoms with Crippen molar-refractivity contribution in [3.63, 3.8) is 0 Å². The molecular weight excluding hydrogens is 366 g/mol. The van der Waals surface area contributed by atoms with Crippen LogP contribution in [0.25, 0.3) is 11.6 Å². The Labute approximate surface area is 160 Å². The molecule has 28 heavy (non-hydrogen) atoms. The molecule has 1 fully saturated rings. The number of carboxylic acids is 2. The van der Waals surface area contributed by atoms with Gasteiger partial charge in [0.25, 0.3) is 0 Å². The van der Waals surface area contributed by atoms with E-state index in [9.17, 15) is 0 Å². The number of nitrogens with zero attached hydrogens (tertiary/aromatic N) is 3. The third kappa shape index (κ3) is 4.63. The fourth-order valence-electron chi connectivity index (χ4n) is 2.79. The molecule has 3 aromatic rings. The fraction of sp³-hybridized carbons (Fsp3) is 0.263. The maximum Gasteiger partial charge on any atom is 0.414 e. The van der Waals surface area contributed by atoms with Crippen molar-refractivity contribution >= 4 is 11.9 Å². The molecular formula is C19H19N3O6. The highest BCUT2D eigenvalue weighted by Crippen LogP contribution is 2.29. The van der Waals surface area contributed by atoms with Crippen LogP contribution < -0.4 is 0 Å². The first-order chi connectivity index (χ1) is 13.4. The van der Waals surface area contributed by atoms with Gasteiger partial charge in [-0.3, -0.25) is 4.90 Å². The minimum Gasteiger partial charge on any atom is -0.473 e. The molecule has 0 spiro atoms. The predicted octanol–water partition coefficient (Wildman–Crippen LogP) is 2.39. The molecule has 0 radical (unpaired) electrons. The molecule has 0 saturated carbocycles. The van der Waals surface area contributed by atoms with Crippen LogP contribution in [-0.2, 0) is 16.1 Å². The largest absolute Gasteiger partial charge is 0.473 e. The lowest BCUT2D eigenvalue weighted by Gasteiger charge is -2.37. The van der Waals surface area contributed by atoms with Gasteiger partial charge in [-0.25, -0.2) is 9.59 Å². The number of aliphatic carboxylic acids is 2. The molecule has 3 heterocycles. The topological polar surface area (TPSA) is 130 Å². The highest BCUT2D eigenvalue weighted by molar-refractivity contribution is 6.27. The molecule has 2 N–H and O–H groups in total. The molecule has 0 amide bonds. The van der Waals surface area contributed by atoms with E-state index >= 15 is 0 Å². The molecule has 1 aromatic carbocycles. The van der Waals surface area contributed by atoms with Gasteiger partial charge in [0, 0.05) is 19.6 Å². The van der Waals surface area contributed by atoms with Gasteiger partial charge in [0.05, 0.1) is 12.2 Å². The van der Waals surface area contributed by atoms with Gasteiger partial charge in [0.15, 0.2) is 5.76 Å². The van der Waals surface area contributed by atoms with E-state index in [1.165, 1.54) is 11.1 Å². The zero-order chi connectivity index (χ0) is 20.1. The summed E-state index contributed by atoms with van der Waals surface area (Å²) in [6.45, 7) is 5.03. The van der Waals surface area contributed by atoms with E-state index in [0.717, 1.165) is 19.6 Å². The van der Waals surface area contributed by atoms with E-state index in [1.54, 1.807) is 6.26 Å². The van der Waals surface area contributed by atoms with Crippen molar-refractivity contribution in [1.82, 2.24) is 15.0 Å². The molecule has 4 rings (SSSR count). The van der Waals surface area contributed by atoms with Crippen LogP contribution in [0.1, 0.15) is 22.9 Å². The van der Waals surface area contributed by atoms with E-state index in [4.69, 9.17) is 28.7 Å². The number of furan rings is 1. The van der Waals surface area contributed by atoms with Gasteiger partial charge in [-0.1, -0.05) is 29.4 Å². The van der Waals surface area contributed by atoms with Gasteiger partial charge in [-0.05, 0) is 30.2 Å². The highest BCUT2D eigenvalue weighted by Gasteiger charge is 2.32. The van der Waals surface area contributed by atoms with E-state index in [2.05, 4.69) is 46.2 Å². The summed E-state index contributed by atoms with van der Waals surface area (Å²) in [5.74, 6) is -1.46. The number of aromatic nitrogens is 2. The van der Waals surface area contributed by atoms with Gasteiger partial charge >= 0.3 is 11.9 Å². The Morgan fingerprint density at radius 3 is 2.46 bits per heavy atom. The van der Waals surface area contributed by atoms with Gasteiger partial charge in [-0.15, -0.1) is 0 Å². The number of carboxylic acid groups (broad SMARTS) is 2. The Morgan fingerprint density at radius 2 is 1.86 bits per heavy atom. The first-order valence-corrected chi connectivity index (χ1v) is 8.54. The Hall–Kier alpha value is -3.46. The van der Waals surface area contributed by atoms with E-state index in [1.807, 2.05) is 12.1 Å². The molecule has 9 heteroatoms. The van der Waals surface area contributed by atoms with Gasteiger partial charge < -0.3 is 19.2 Å². The highest BCUT2D eigenvalue weighted by atomic mass is 16.5. The summed E-state index contributed by atoms with van der Waals surface area (Å²) in [6, 6.07) is 12.2. The zero-order valence-electron chi connectivity index (χ0n) is 15.1. The van der Waals surface area contributed by atoms with Crippen molar-refractivity contribution in [2.45, 2.75) is 19.4 Å². The van der Waals surface area contributed by atoms with Crippen molar-refractivity contribution in [3.8, 4) is 11.6 Å². The molecule has 1 saturated heterocycles. The predicted molar refractivity (Wildman–Crippen MR) is 96.5 cm³/mol. The minimum atomic E-state index is -1.82. The molecule has 0 atom stereocenters. The van der Waals surface area contributed by atoms with Crippen LogP contribution in [0.2, 0.25) is 0 Å². The van der Waals surface area contributed by atoms with Crippen molar-refractivity contribution in [3.05, 3.63) is 59.7 Å². The average Bonchev–Trinajstić information content (AvgIpc) is 3.31. The van der Waals surface area contributed by atoms with Crippen LogP contribution in [-0.4, -0.2) is 50.3 Å². The minimum absolute atomic E-state index is 0.320. The SMILES string of the molecule is Cc1ccccc1CN1CC(c2nc(-c3ccco3)no2)C1.O=C(O)C(=O)O. The molecule has 1 aliphatic heterocycles. The lowest BCUT2D eigenvalue weighted by molar-refractivity contribution is -0.159. The monoisotopic (exact) mass is 385 g/mol. The molecule has 2 aromatic heterocycles. The summed E-state index contributed by atoms with van der Waals surface area (Å²) in [5.41, 5.74) is 2.71. The molecule has 9 nitrogen and oxygen atoms in total. The van der Waals surface area contributed by atoms with Crippen LogP contribution in [0.3, 0.4) is 0 Å². The van der Waals surface area contributed by atoms with Gasteiger partial charge in [-0.2, -0.15) is 4.98 Å². The Balaban J connectivity index is 0.000000330. The van der Waals surface area contributed by atoms with Crippen LogP contribution in [0.15, 0.2) is 51.6 Å². The normalized spacial score (nSPS) is 14.0. The number of likely N-dealkylation sites (tertiary alicyclic amines) is 1. The van der Waals surface area contributed by atoms with Crippen LogP contribution >= 0.6 is 0 Å². The standard InChI is InChI=1S/C17H17N3O2.C2H2O4/c1-12-5-2-3-6-13(12)9-20-10-14(11-20)17-18-16(19-22-17)15-7-4-8-21-15;3-1(4)2(5)6/h2-8,14H,9-11H2,1H3;(H,3,4)(H,5,6). The van der Waals surface area contributed by atoms with Crippen LogP contribution in [0.4, 0.5) is 0 Å². The lowest BCUT2D eigenvalue weighted by Crippen LogP contribution is -2.44. The van der Waals surface area contributed by atoms with Gasteiger partial charge in [0.2, 0.25) is 11.7 Å². The third-order valence-electron chi connectivity index (χ3n) is 4.33. The third-order valence-corrected chi connectivity index (χ3v) is 4.33. The molecule has 146 valence electrons. The van der Waals surface area contributed by atoms with E-state index in [-0.39, 0.29) is 0 Å². The number of carbonyl (C=O) groups is 2. The smallest absolute Gasteiger partial charge is 0.414 e. The molecule has 0 aliphatic carbocycles. The first-order valence-electron chi connectivity index (χ1n) is 8.54. The molecule has 0 bridgehead atoms. The Morgan fingerprint density at radius 1 is 1.14 bits per heavy atom. The number of rotatable bonds is 4. The van der Waals surface area contributed by atoms with Crippen molar-refractivity contribution in [1.29, 1.82) is 0 Å².